The smallest absolute Gasteiger partial charge is 0.287 e. The highest BCUT2D eigenvalue weighted by Gasteiger charge is 2.08. The van der Waals surface area contributed by atoms with E-state index >= 15 is 0 Å². The predicted molar refractivity (Wildman–Crippen MR) is 102 cm³/mol. The molecule has 0 atom stereocenters. The second-order valence-electron chi connectivity index (χ2n) is 5.72. The standard InChI is InChI=1S/C20H14ClN3O/c21-17-7-8-18-16(10-17)11-19(23-18)20(25)24-22-12-13-5-6-14-3-1-2-4-15(14)9-13/h1-12,23H,(H,24,25)/b22-12+. The maximum atomic E-state index is 12.2. The van der Waals surface area contributed by atoms with Gasteiger partial charge in [0.05, 0.1) is 6.21 Å². The van der Waals surface area contributed by atoms with E-state index in [9.17, 15) is 4.79 Å². The quantitative estimate of drug-likeness (QED) is 0.408. The third-order valence-corrected chi connectivity index (χ3v) is 4.22. The lowest BCUT2D eigenvalue weighted by Crippen LogP contribution is -2.17. The molecule has 0 unspecified atom stereocenters. The molecule has 1 aromatic heterocycles. The first kappa shape index (κ1) is 15.4. The van der Waals surface area contributed by atoms with Gasteiger partial charge in [-0.05, 0) is 46.7 Å². The number of aromatic amines is 1. The molecule has 0 aliphatic carbocycles. The number of aromatic nitrogens is 1. The Morgan fingerprint density at radius 3 is 2.68 bits per heavy atom. The SMILES string of the molecule is O=C(N/N=C/c1ccc2ccccc2c1)c1cc2cc(Cl)ccc2[nH]1. The molecule has 4 aromatic rings. The number of carbonyl (C=O) groups is 1. The first-order valence-corrected chi connectivity index (χ1v) is 8.17. The number of benzene rings is 3. The van der Waals surface area contributed by atoms with E-state index in [1.807, 2.05) is 48.5 Å². The molecule has 4 nitrogen and oxygen atoms in total. The van der Waals surface area contributed by atoms with E-state index in [0.29, 0.717) is 10.7 Å². The van der Waals surface area contributed by atoms with Gasteiger partial charge in [0.15, 0.2) is 0 Å². The van der Waals surface area contributed by atoms with Gasteiger partial charge < -0.3 is 4.98 Å². The number of carbonyl (C=O) groups excluding carboxylic acids is 1. The van der Waals surface area contributed by atoms with Crippen molar-refractivity contribution in [3.05, 3.63) is 83.0 Å². The minimum Gasteiger partial charge on any atom is -0.350 e. The van der Waals surface area contributed by atoms with Gasteiger partial charge in [0.1, 0.15) is 5.69 Å². The zero-order valence-corrected chi connectivity index (χ0v) is 13.9. The van der Waals surface area contributed by atoms with E-state index in [-0.39, 0.29) is 5.91 Å². The zero-order chi connectivity index (χ0) is 17.2. The van der Waals surface area contributed by atoms with Crippen LogP contribution < -0.4 is 5.43 Å². The van der Waals surface area contributed by atoms with Crippen molar-refractivity contribution in [2.24, 2.45) is 5.10 Å². The van der Waals surface area contributed by atoms with Crippen molar-refractivity contribution in [2.45, 2.75) is 0 Å². The molecule has 0 saturated carbocycles. The third kappa shape index (κ3) is 3.25. The fraction of sp³-hybridized carbons (Fsp3) is 0. The second-order valence-corrected chi connectivity index (χ2v) is 6.16. The molecule has 122 valence electrons. The molecular formula is C20H14ClN3O. The summed E-state index contributed by atoms with van der Waals surface area (Å²) in [4.78, 5) is 15.3. The molecule has 2 N–H and O–H groups in total. The Hall–Kier alpha value is -3.11. The van der Waals surface area contributed by atoms with Gasteiger partial charge in [-0.15, -0.1) is 0 Å². The summed E-state index contributed by atoms with van der Waals surface area (Å²) < 4.78 is 0. The molecule has 0 saturated heterocycles. The van der Waals surface area contributed by atoms with Gasteiger partial charge in [-0.2, -0.15) is 5.10 Å². The second kappa shape index (κ2) is 6.42. The molecule has 0 bridgehead atoms. The van der Waals surface area contributed by atoms with Gasteiger partial charge in [-0.25, -0.2) is 5.43 Å². The summed E-state index contributed by atoms with van der Waals surface area (Å²) in [5.74, 6) is -0.302. The van der Waals surface area contributed by atoms with Crippen molar-refractivity contribution < 1.29 is 4.79 Å². The van der Waals surface area contributed by atoms with Crippen LogP contribution in [-0.2, 0) is 0 Å². The largest absolute Gasteiger partial charge is 0.350 e. The minimum absolute atomic E-state index is 0.302. The summed E-state index contributed by atoms with van der Waals surface area (Å²) in [5, 5.41) is 7.86. The molecular weight excluding hydrogens is 334 g/mol. The Balaban J connectivity index is 1.50. The highest BCUT2D eigenvalue weighted by atomic mass is 35.5. The number of hydrogen-bond donors (Lipinski definition) is 2. The number of halogens is 1. The first-order chi connectivity index (χ1) is 12.2. The van der Waals surface area contributed by atoms with Crippen LogP contribution in [0.2, 0.25) is 5.02 Å². The number of amides is 1. The lowest BCUT2D eigenvalue weighted by Gasteiger charge is -1.99. The van der Waals surface area contributed by atoms with Crippen molar-refractivity contribution in [1.82, 2.24) is 10.4 Å². The topological polar surface area (TPSA) is 57.2 Å². The van der Waals surface area contributed by atoms with Gasteiger partial charge in [0.25, 0.3) is 5.91 Å². The summed E-state index contributed by atoms with van der Waals surface area (Å²) in [6.07, 6.45) is 1.63. The van der Waals surface area contributed by atoms with Gasteiger partial charge in [0, 0.05) is 15.9 Å². The van der Waals surface area contributed by atoms with Crippen LogP contribution in [0.15, 0.2) is 71.8 Å². The molecule has 3 aromatic carbocycles. The molecule has 0 aliphatic rings. The van der Waals surface area contributed by atoms with Gasteiger partial charge >= 0.3 is 0 Å². The molecule has 0 aliphatic heterocycles. The summed E-state index contributed by atoms with van der Waals surface area (Å²) in [7, 11) is 0. The molecule has 1 amide bonds. The van der Waals surface area contributed by atoms with Crippen LogP contribution in [0, 0.1) is 0 Å². The van der Waals surface area contributed by atoms with Crippen molar-refractivity contribution >= 4 is 45.4 Å². The van der Waals surface area contributed by atoms with Crippen LogP contribution in [-0.4, -0.2) is 17.1 Å². The number of rotatable bonds is 3. The van der Waals surface area contributed by atoms with Crippen LogP contribution in [0.3, 0.4) is 0 Å². The van der Waals surface area contributed by atoms with Crippen LogP contribution in [0.25, 0.3) is 21.7 Å². The molecule has 0 radical (unpaired) electrons. The van der Waals surface area contributed by atoms with Crippen LogP contribution in [0.1, 0.15) is 16.1 Å². The number of nitrogens with one attached hydrogen (secondary N) is 2. The van der Waals surface area contributed by atoms with Crippen molar-refractivity contribution in [2.75, 3.05) is 0 Å². The van der Waals surface area contributed by atoms with E-state index < -0.39 is 0 Å². The molecule has 0 fully saturated rings. The monoisotopic (exact) mass is 347 g/mol. The molecule has 25 heavy (non-hydrogen) atoms. The molecule has 0 spiro atoms. The lowest BCUT2D eigenvalue weighted by molar-refractivity contribution is 0.0951. The van der Waals surface area contributed by atoms with E-state index in [0.717, 1.165) is 21.9 Å². The molecule has 1 heterocycles. The number of fused-ring (bicyclic) bond motifs is 2. The maximum Gasteiger partial charge on any atom is 0.287 e. The minimum atomic E-state index is -0.302. The van der Waals surface area contributed by atoms with Crippen LogP contribution in [0.5, 0.6) is 0 Å². The Bertz CT molecular complexity index is 1110. The van der Waals surface area contributed by atoms with E-state index in [1.54, 1.807) is 18.3 Å². The summed E-state index contributed by atoms with van der Waals surface area (Å²) >= 11 is 5.96. The Morgan fingerprint density at radius 1 is 0.960 bits per heavy atom. The highest BCUT2D eigenvalue weighted by Crippen LogP contribution is 2.20. The Kier molecular flexibility index (Phi) is 3.96. The fourth-order valence-corrected chi connectivity index (χ4v) is 2.92. The third-order valence-electron chi connectivity index (χ3n) is 3.98. The number of hydrazone groups is 1. The normalized spacial score (nSPS) is 11.4. The van der Waals surface area contributed by atoms with E-state index in [1.165, 1.54) is 5.39 Å². The summed E-state index contributed by atoms with van der Waals surface area (Å²) in [6.45, 7) is 0. The molecule has 5 heteroatoms. The summed E-state index contributed by atoms with van der Waals surface area (Å²) in [6, 6.07) is 21.3. The number of H-pyrrole nitrogens is 1. The van der Waals surface area contributed by atoms with Crippen molar-refractivity contribution in [3.8, 4) is 0 Å². The number of hydrogen-bond acceptors (Lipinski definition) is 2. The number of nitrogens with zero attached hydrogens (tertiary/aromatic N) is 1. The summed E-state index contributed by atoms with van der Waals surface area (Å²) in [5.41, 5.74) is 4.75. The predicted octanol–water partition coefficient (Wildman–Crippen LogP) is 4.74. The van der Waals surface area contributed by atoms with Crippen LogP contribution >= 0.6 is 11.6 Å². The Morgan fingerprint density at radius 2 is 1.80 bits per heavy atom. The average molecular weight is 348 g/mol. The zero-order valence-electron chi connectivity index (χ0n) is 13.2. The van der Waals surface area contributed by atoms with E-state index in [4.69, 9.17) is 11.6 Å². The lowest BCUT2D eigenvalue weighted by atomic mass is 10.1. The first-order valence-electron chi connectivity index (χ1n) is 7.79. The van der Waals surface area contributed by atoms with Crippen molar-refractivity contribution in [3.63, 3.8) is 0 Å². The van der Waals surface area contributed by atoms with E-state index in [2.05, 4.69) is 21.6 Å². The van der Waals surface area contributed by atoms with Gasteiger partial charge in [-0.1, -0.05) is 48.0 Å². The average Bonchev–Trinajstić information content (AvgIpc) is 3.05. The highest BCUT2D eigenvalue weighted by molar-refractivity contribution is 6.31. The maximum absolute atomic E-state index is 12.2. The fourth-order valence-electron chi connectivity index (χ4n) is 2.74. The van der Waals surface area contributed by atoms with Gasteiger partial charge in [-0.3, -0.25) is 4.79 Å². The van der Waals surface area contributed by atoms with Crippen molar-refractivity contribution in [1.29, 1.82) is 0 Å². The Labute approximate surface area is 149 Å². The van der Waals surface area contributed by atoms with Gasteiger partial charge in [0.2, 0.25) is 0 Å². The molecule has 4 rings (SSSR count). The van der Waals surface area contributed by atoms with Crippen LogP contribution in [0.4, 0.5) is 0 Å².